The lowest BCUT2D eigenvalue weighted by molar-refractivity contribution is 0.0473. The Labute approximate surface area is 200 Å². The van der Waals surface area contributed by atoms with Gasteiger partial charge in [-0.1, -0.05) is 42.5 Å². The lowest BCUT2D eigenvalue weighted by Crippen LogP contribution is -2.29. The highest BCUT2D eigenvalue weighted by Gasteiger charge is 2.36. The summed E-state index contributed by atoms with van der Waals surface area (Å²) in [5.74, 6) is -1.53. The summed E-state index contributed by atoms with van der Waals surface area (Å²) >= 11 is 0. The molecule has 174 valence electrons. The lowest BCUT2D eigenvalue weighted by atomic mass is 10.0. The van der Waals surface area contributed by atoms with Gasteiger partial charge in [0.2, 0.25) is 0 Å². The van der Waals surface area contributed by atoms with E-state index in [2.05, 4.69) is 0 Å². The number of fused-ring (bicyclic) bond motifs is 2. The maximum absolute atomic E-state index is 12.9. The molecular formula is C28H21NO6. The van der Waals surface area contributed by atoms with Crippen molar-refractivity contribution in [1.82, 2.24) is 4.90 Å². The second-order valence-electron chi connectivity index (χ2n) is 8.49. The minimum atomic E-state index is -0.667. The van der Waals surface area contributed by atoms with Gasteiger partial charge in [0.1, 0.15) is 12.2 Å². The summed E-state index contributed by atoms with van der Waals surface area (Å²) in [7, 11) is 0. The van der Waals surface area contributed by atoms with Crippen LogP contribution in [0.1, 0.15) is 53.3 Å². The van der Waals surface area contributed by atoms with Gasteiger partial charge in [-0.15, -0.1) is 0 Å². The summed E-state index contributed by atoms with van der Waals surface area (Å²) in [6.07, 6.45) is 0. The first kappa shape index (κ1) is 22.3. The van der Waals surface area contributed by atoms with Crippen LogP contribution in [0.5, 0.6) is 0 Å². The van der Waals surface area contributed by atoms with Crippen LogP contribution in [0.2, 0.25) is 0 Å². The molecular weight excluding hydrogens is 446 g/mol. The molecule has 0 bridgehead atoms. The van der Waals surface area contributed by atoms with E-state index < -0.39 is 23.4 Å². The average Bonchev–Trinajstić information content (AvgIpc) is 3.09. The van der Waals surface area contributed by atoms with Crippen molar-refractivity contribution in [2.45, 2.75) is 27.0 Å². The fourth-order valence-corrected chi connectivity index (χ4v) is 4.20. The number of benzene rings is 3. The van der Waals surface area contributed by atoms with Crippen LogP contribution in [0, 0.1) is 13.8 Å². The molecule has 2 heterocycles. The van der Waals surface area contributed by atoms with Gasteiger partial charge in [-0.05, 0) is 48.7 Å². The Bertz CT molecular complexity index is 1570. The van der Waals surface area contributed by atoms with Crippen molar-refractivity contribution in [2.75, 3.05) is 0 Å². The monoisotopic (exact) mass is 467 g/mol. The molecule has 0 aliphatic carbocycles. The summed E-state index contributed by atoms with van der Waals surface area (Å²) in [5.41, 5.74) is 3.66. The predicted octanol–water partition coefficient (Wildman–Crippen LogP) is 4.56. The summed E-state index contributed by atoms with van der Waals surface area (Å²) in [4.78, 5) is 51.7. The molecule has 0 unspecified atom stereocenters. The molecule has 4 aromatic rings. The summed E-state index contributed by atoms with van der Waals surface area (Å²) < 4.78 is 10.8. The van der Waals surface area contributed by atoms with Crippen LogP contribution in [0.25, 0.3) is 11.0 Å². The minimum absolute atomic E-state index is 0.144. The molecule has 0 saturated carbocycles. The summed E-state index contributed by atoms with van der Waals surface area (Å²) in [6, 6.07) is 18.6. The van der Waals surface area contributed by atoms with E-state index in [9.17, 15) is 19.2 Å². The Balaban J connectivity index is 1.37. The van der Waals surface area contributed by atoms with E-state index in [1.807, 2.05) is 56.3 Å². The van der Waals surface area contributed by atoms with Crippen molar-refractivity contribution in [1.29, 1.82) is 0 Å². The Morgan fingerprint density at radius 2 is 1.63 bits per heavy atom. The Hall–Kier alpha value is -4.52. The molecule has 1 aliphatic rings. The number of nitrogens with zero attached hydrogens (tertiary/aromatic N) is 1. The minimum Gasteiger partial charge on any atom is -0.457 e. The van der Waals surface area contributed by atoms with Gasteiger partial charge in [0.15, 0.2) is 0 Å². The standard InChI is InChI=1S/C28H21NO6/c1-16-8-10-21-20(13-24(30)35-25(21)17(16)2)15-34-28(33)19-9-11-22-23(12-19)27(32)29(26(22)31)14-18-6-4-3-5-7-18/h3-13H,14-15H2,1-2H3. The molecule has 7 nitrogen and oxygen atoms in total. The third kappa shape index (κ3) is 4.01. The van der Waals surface area contributed by atoms with Crippen LogP contribution >= 0.6 is 0 Å². The quantitative estimate of drug-likeness (QED) is 0.243. The number of rotatable bonds is 5. The third-order valence-corrected chi connectivity index (χ3v) is 6.27. The van der Waals surface area contributed by atoms with Crippen LogP contribution in [-0.2, 0) is 17.9 Å². The average molecular weight is 467 g/mol. The van der Waals surface area contributed by atoms with Gasteiger partial charge in [0.25, 0.3) is 11.8 Å². The first-order valence-electron chi connectivity index (χ1n) is 11.1. The number of ether oxygens (including phenoxy) is 1. The molecule has 35 heavy (non-hydrogen) atoms. The topological polar surface area (TPSA) is 93.9 Å². The predicted molar refractivity (Wildman–Crippen MR) is 128 cm³/mol. The van der Waals surface area contributed by atoms with E-state index in [0.29, 0.717) is 16.5 Å². The van der Waals surface area contributed by atoms with E-state index in [1.54, 1.807) is 0 Å². The van der Waals surface area contributed by atoms with E-state index >= 15 is 0 Å². The second-order valence-corrected chi connectivity index (χ2v) is 8.49. The number of aryl methyl sites for hydroxylation is 2. The van der Waals surface area contributed by atoms with Crippen LogP contribution in [0.15, 0.2) is 75.9 Å². The first-order chi connectivity index (χ1) is 16.8. The van der Waals surface area contributed by atoms with Crippen molar-refractivity contribution >= 4 is 28.8 Å². The van der Waals surface area contributed by atoms with E-state index in [4.69, 9.17) is 9.15 Å². The number of amides is 2. The fourth-order valence-electron chi connectivity index (χ4n) is 4.20. The highest BCUT2D eigenvalue weighted by molar-refractivity contribution is 6.21. The first-order valence-corrected chi connectivity index (χ1v) is 11.1. The van der Waals surface area contributed by atoms with Crippen molar-refractivity contribution in [3.05, 3.63) is 116 Å². The Morgan fingerprint density at radius 1 is 0.886 bits per heavy atom. The molecule has 0 fully saturated rings. The van der Waals surface area contributed by atoms with Gasteiger partial charge in [0.05, 0.1) is 23.2 Å². The molecule has 1 aromatic heterocycles. The molecule has 0 atom stereocenters. The van der Waals surface area contributed by atoms with Gasteiger partial charge in [-0.3, -0.25) is 14.5 Å². The smallest absolute Gasteiger partial charge is 0.338 e. The fraction of sp³-hybridized carbons (Fsp3) is 0.143. The number of carbonyl (C=O) groups excluding carboxylic acids is 3. The maximum Gasteiger partial charge on any atom is 0.338 e. The zero-order valence-electron chi connectivity index (χ0n) is 19.2. The number of imide groups is 1. The Kier molecular flexibility index (Phi) is 5.53. The summed E-state index contributed by atoms with van der Waals surface area (Å²) in [5, 5.41) is 0.687. The van der Waals surface area contributed by atoms with Crippen molar-refractivity contribution in [2.24, 2.45) is 0 Å². The van der Waals surface area contributed by atoms with Gasteiger partial charge in [-0.25, -0.2) is 9.59 Å². The van der Waals surface area contributed by atoms with Crippen LogP contribution in [0.3, 0.4) is 0 Å². The maximum atomic E-state index is 12.9. The molecule has 5 rings (SSSR count). The number of hydrogen-bond acceptors (Lipinski definition) is 6. The molecule has 0 radical (unpaired) electrons. The van der Waals surface area contributed by atoms with Crippen LogP contribution in [-0.4, -0.2) is 22.7 Å². The van der Waals surface area contributed by atoms with Crippen LogP contribution in [0.4, 0.5) is 0 Å². The van der Waals surface area contributed by atoms with E-state index in [0.717, 1.165) is 21.6 Å². The van der Waals surface area contributed by atoms with Crippen molar-refractivity contribution < 1.29 is 23.5 Å². The molecule has 0 spiro atoms. The highest BCUT2D eigenvalue weighted by Crippen LogP contribution is 2.27. The van der Waals surface area contributed by atoms with E-state index in [-0.39, 0.29) is 29.8 Å². The highest BCUT2D eigenvalue weighted by atomic mass is 16.5. The number of esters is 1. The summed E-state index contributed by atoms with van der Waals surface area (Å²) in [6.45, 7) is 3.78. The molecule has 0 N–H and O–H groups in total. The molecule has 7 heteroatoms. The van der Waals surface area contributed by atoms with Gasteiger partial charge in [0, 0.05) is 17.0 Å². The van der Waals surface area contributed by atoms with Gasteiger partial charge < -0.3 is 9.15 Å². The zero-order chi connectivity index (χ0) is 24.7. The molecule has 3 aromatic carbocycles. The third-order valence-electron chi connectivity index (χ3n) is 6.27. The van der Waals surface area contributed by atoms with Gasteiger partial charge in [-0.2, -0.15) is 0 Å². The van der Waals surface area contributed by atoms with Crippen molar-refractivity contribution in [3.63, 3.8) is 0 Å². The molecule has 2 amide bonds. The molecule has 0 saturated heterocycles. The SMILES string of the molecule is Cc1ccc2c(COC(=O)c3ccc4c(c3)C(=O)N(Cc3ccccc3)C4=O)cc(=O)oc2c1C. The number of carbonyl (C=O) groups is 3. The second kappa shape index (κ2) is 8.68. The largest absolute Gasteiger partial charge is 0.457 e. The zero-order valence-corrected chi connectivity index (χ0v) is 19.2. The van der Waals surface area contributed by atoms with Crippen LogP contribution < -0.4 is 5.63 Å². The van der Waals surface area contributed by atoms with Gasteiger partial charge >= 0.3 is 11.6 Å². The number of hydrogen-bond donors (Lipinski definition) is 0. The lowest BCUT2D eigenvalue weighted by Gasteiger charge is -2.13. The molecule has 1 aliphatic heterocycles. The Morgan fingerprint density at radius 3 is 2.40 bits per heavy atom. The van der Waals surface area contributed by atoms with Crippen molar-refractivity contribution in [3.8, 4) is 0 Å². The van der Waals surface area contributed by atoms with E-state index in [1.165, 1.54) is 24.3 Å². The normalized spacial score (nSPS) is 12.8.